The Hall–Kier alpha value is -2.36. The van der Waals surface area contributed by atoms with Gasteiger partial charge in [0.15, 0.2) is 0 Å². The standard InChI is InChI=1S/C20H27N3O/c1-5-7-13-23(4)18-14-17(11-12-21-18)20(24)22-19-15(3)9-8-10-16(19)6-2/h8-12,14H,5-7,13H2,1-4H3,(H,22,24). The third-order valence-corrected chi connectivity index (χ3v) is 4.22. The van der Waals surface area contributed by atoms with Crippen LogP contribution >= 0.6 is 0 Å². The Labute approximate surface area is 144 Å². The Balaban J connectivity index is 2.19. The van der Waals surface area contributed by atoms with Crippen molar-refractivity contribution in [2.24, 2.45) is 0 Å². The SMILES string of the molecule is CCCCN(C)c1cc(C(=O)Nc2c(C)cccc2CC)ccn1. The Morgan fingerprint density at radius 1 is 1.25 bits per heavy atom. The summed E-state index contributed by atoms with van der Waals surface area (Å²) in [6, 6.07) is 9.72. The molecule has 1 aromatic heterocycles. The molecule has 1 heterocycles. The number of carbonyl (C=O) groups excluding carboxylic acids is 1. The summed E-state index contributed by atoms with van der Waals surface area (Å²) in [5, 5.41) is 3.07. The van der Waals surface area contributed by atoms with Crippen LogP contribution < -0.4 is 10.2 Å². The van der Waals surface area contributed by atoms with Crippen LogP contribution in [0.1, 0.15) is 48.2 Å². The molecule has 0 aliphatic heterocycles. The summed E-state index contributed by atoms with van der Waals surface area (Å²) in [6.45, 7) is 7.22. The Bertz CT molecular complexity index is 697. The lowest BCUT2D eigenvalue weighted by molar-refractivity contribution is 0.102. The van der Waals surface area contributed by atoms with E-state index in [2.05, 4.69) is 35.1 Å². The number of aryl methyl sites for hydroxylation is 2. The molecule has 1 amide bonds. The Morgan fingerprint density at radius 3 is 2.75 bits per heavy atom. The van der Waals surface area contributed by atoms with Crippen LogP contribution in [0.5, 0.6) is 0 Å². The number of anilines is 2. The van der Waals surface area contributed by atoms with Crippen LogP contribution in [0.25, 0.3) is 0 Å². The molecule has 0 fully saturated rings. The van der Waals surface area contributed by atoms with Gasteiger partial charge in [0.1, 0.15) is 5.82 Å². The molecule has 4 heteroatoms. The summed E-state index contributed by atoms with van der Waals surface area (Å²) in [7, 11) is 2.01. The summed E-state index contributed by atoms with van der Waals surface area (Å²) in [5.41, 5.74) is 3.78. The number of aromatic nitrogens is 1. The van der Waals surface area contributed by atoms with E-state index in [1.165, 1.54) is 0 Å². The average Bonchev–Trinajstić information content (AvgIpc) is 2.61. The number of nitrogens with one attached hydrogen (secondary N) is 1. The molecule has 0 bridgehead atoms. The number of carbonyl (C=O) groups is 1. The van der Waals surface area contributed by atoms with Crippen molar-refractivity contribution < 1.29 is 4.79 Å². The summed E-state index contributed by atoms with van der Waals surface area (Å²) in [6.07, 6.45) is 4.83. The van der Waals surface area contributed by atoms with Crippen molar-refractivity contribution in [2.75, 3.05) is 23.8 Å². The van der Waals surface area contributed by atoms with Gasteiger partial charge >= 0.3 is 0 Å². The highest BCUT2D eigenvalue weighted by atomic mass is 16.1. The molecule has 0 atom stereocenters. The molecule has 0 saturated heterocycles. The lowest BCUT2D eigenvalue weighted by Crippen LogP contribution is -2.21. The van der Waals surface area contributed by atoms with Gasteiger partial charge < -0.3 is 10.2 Å². The molecule has 4 nitrogen and oxygen atoms in total. The number of nitrogens with zero attached hydrogens (tertiary/aromatic N) is 2. The monoisotopic (exact) mass is 325 g/mol. The number of pyridine rings is 1. The highest BCUT2D eigenvalue weighted by Crippen LogP contribution is 2.22. The van der Waals surface area contributed by atoms with Crippen molar-refractivity contribution in [2.45, 2.75) is 40.0 Å². The number of benzene rings is 1. The second kappa shape index (κ2) is 8.48. The van der Waals surface area contributed by atoms with Crippen molar-refractivity contribution in [1.82, 2.24) is 4.98 Å². The lowest BCUT2D eigenvalue weighted by Gasteiger charge is -2.18. The molecule has 0 spiro atoms. The predicted octanol–water partition coefficient (Wildman–Crippen LogP) is 4.44. The van der Waals surface area contributed by atoms with Crippen molar-refractivity contribution in [3.8, 4) is 0 Å². The van der Waals surface area contributed by atoms with Gasteiger partial charge in [0.05, 0.1) is 0 Å². The van der Waals surface area contributed by atoms with Crippen molar-refractivity contribution in [1.29, 1.82) is 0 Å². The molecule has 2 rings (SSSR count). The zero-order valence-corrected chi connectivity index (χ0v) is 15.1. The van der Waals surface area contributed by atoms with Crippen LogP contribution in [0.3, 0.4) is 0 Å². The molecule has 2 aromatic rings. The Morgan fingerprint density at radius 2 is 2.04 bits per heavy atom. The Kier molecular flexibility index (Phi) is 6.36. The van der Waals surface area contributed by atoms with Crippen LogP contribution in [0.2, 0.25) is 0 Å². The fourth-order valence-corrected chi connectivity index (χ4v) is 2.67. The van der Waals surface area contributed by atoms with Gasteiger partial charge in [-0.05, 0) is 43.0 Å². The van der Waals surface area contributed by atoms with Crippen LogP contribution in [-0.4, -0.2) is 24.5 Å². The molecule has 0 aliphatic carbocycles. The van der Waals surface area contributed by atoms with E-state index in [1.807, 2.05) is 32.2 Å². The highest BCUT2D eigenvalue weighted by Gasteiger charge is 2.12. The zero-order chi connectivity index (χ0) is 17.5. The first-order chi connectivity index (χ1) is 11.6. The predicted molar refractivity (Wildman–Crippen MR) is 101 cm³/mol. The first kappa shape index (κ1) is 18.0. The summed E-state index contributed by atoms with van der Waals surface area (Å²) in [5.74, 6) is 0.739. The lowest BCUT2D eigenvalue weighted by atomic mass is 10.1. The maximum atomic E-state index is 12.7. The quantitative estimate of drug-likeness (QED) is 0.818. The fraction of sp³-hybridized carbons (Fsp3) is 0.400. The second-order valence-electron chi connectivity index (χ2n) is 6.09. The van der Waals surface area contributed by atoms with E-state index >= 15 is 0 Å². The summed E-state index contributed by atoms with van der Waals surface area (Å²) < 4.78 is 0. The fourth-order valence-electron chi connectivity index (χ4n) is 2.67. The first-order valence-corrected chi connectivity index (χ1v) is 8.63. The number of hydrogen-bond acceptors (Lipinski definition) is 3. The minimum atomic E-state index is -0.0912. The van der Waals surface area contributed by atoms with E-state index in [0.29, 0.717) is 5.56 Å². The van der Waals surface area contributed by atoms with Crippen LogP contribution in [-0.2, 0) is 6.42 Å². The molecule has 0 unspecified atom stereocenters. The topological polar surface area (TPSA) is 45.2 Å². The molecule has 1 N–H and O–H groups in total. The number of amides is 1. The largest absolute Gasteiger partial charge is 0.360 e. The maximum Gasteiger partial charge on any atom is 0.255 e. The minimum Gasteiger partial charge on any atom is -0.360 e. The van der Waals surface area contributed by atoms with Crippen LogP contribution in [0, 0.1) is 6.92 Å². The zero-order valence-electron chi connectivity index (χ0n) is 15.1. The van der Waals surface area contributed by atoms with Crippen molar-refractivity contribution in [3.63, 3.8) is 0 Å². The molecular weight excluding hydrogens is 298 g/mol. The number of unbranched alkanes of at least 4 members (excludes halogenated alkanes) is 1. The van der Waals surface area contributed by atoms with E-state index < -0.39 is 0 Å². The van der Waals surface area contributed by atoms with Gasteiger partial charge in [0, 0.05) is 31.0 Å². The van der Waals surface area contributed by atoms with Gasteiger partial charge in [-0.3, -0.25) is 4.79 Å². The third-order valence-electron chi connectivity index (χ3n) is 4.22. The average molecular weight is 325 g/mol. The van der Waals surface area contributed by atoms with E-state index in [1.54, 1.807) is 12.3 Å². The molecule has 24 heavy (non-hydrogen) atoms. The molecule has 0 saturated carbocycles. The van der Waals surface area contributed by atoms with Gasteiger partial charge in [-0.1, -0.05) is 38.5 Å². The van der Waals surface area contributed by atoms with Gasteiger partial charge in [-0.2, -0.15) is 0 Å². The van der Waals surface area contributed by atoms with E-state index in [4.69, 9.17) is 0 Å². The van der Waals surface area contributed by atoms with E-state index in [-0.39, 0.29) is 5.91 Å². The summed E-state index contributed by atoms with van der Waals surface area (Å²) in [4.78, 5) is 19.1. The number of para-hydroxylation sites is 1. The first-order valence-electron chi connectivity index (χ1n) is 8.63. The highest BCUT2D eigenvalue weighted by molar-refractivity contribution is 6.05. The molecule has 1 aromatic carbocycles. The maximum absolute atomic E-state index is 12.7. The minimum absolute atomic E-state index is 0.0912. The second-order valence-corrected chi connectivity index (χ2v) is 6.09. The molecular formula is C20H27N3O. The third kappa shape index (κ3) is 4.34. The normalized spacial score (nSPS) is 10.5. The van der Waals surface area contributed by atoms with Crippen molar-refractivity contribution >= 4 is 17.4 Å². The smallest absolute Gasteiger partial charge is 0.255 e. The van der Waals surface area contributed by atoms with Crippen LogP contribution in [0.15, 0.2) is 36.5 Å². The molecule has 0 radical (unpaired) electrons. The molecule has 0 aliphatic rings. The van der Waals surface area contributed by atoms with Gasteiger partial charge in [-0.25, -0.2) is 4.98 Å². The van der Waals surface area contributed by atoms with Gasteiger partial charge in [-0.15, -0.1) is 0 Å². The van der Waals surface area contributed by atoms with Gasteiger partial charge in [0.25, 0.3) is 5.91 Å². The number of rotatable bonds is 7. The van der Waals surface area contributed by atoms with Gasteiger partial charge in [0.2, 0.25) is 0 Å². The van der Waals surface area contributed by atoms with E-state index in [9.17, 15) is 4.79 Å². The van der Waals surface area contributed by atoms with E-state index in [0.717, 1.165) is 48.4 Å². The van der Waals surface area contributed by atoms with Crippen molar-refractivity contribution in [3.05, 3.63) is 53.2 Å². The summed E-state index contributed by atoms with van der Waals surface area (Å²) >= 11 is 0. The number of hydrogen-bond donors (Lipinski definition) is 1. The molecule has 128 valence electrons. The van der Waals surface area contributed by atoms with Crippen LogP contribution in [0.4, 0.5) is 11.5 Å².